The molecule has 21 heavy (non-hydrogen) atoms. The van der Waals surface area contributed by atoms with Gasteiger partial charge in [0.1, 0.15) is 18.1 Å². The lowest BCUT2D eigenvalue weighted by atomic mass is 10.2. The molecule has 1 amide bonds. The number of benzene rings is 1. The first-order chi connectivity index (χ1) is 10.0. The third kappa shape index (κ3) is 3.42. The van der Waals surface area contributed by atoms with E-state index in [4.69, 9.17) is 0 Å². The van der Waals surface area contributed by atoms with Gasteiger partial charge in [0.05, 0.1) is 5.69 Å². The second-order valence-corrected chi connectivity index (χ2v) is 4.95. The lowest BCUT2D eigenvalue weighted by Gasteiger charge is -2.19. The molecule has 2 rings (SSSR count). The quantitative estimate of drug-likeness (QED) is 0.919. The molecule has 1 N–H and O–H groups in total. The fourth-order valence-corrected chi connectivity index (χ4v) is 2.36. The normalized spacial score (nSPS) is 10.6. The molecule has 0 aliphatic rings. The van der Waals surface area contributed by atoms with Gasteiger partial charge in [0.15, 0.2) is 0 Å². The number of hydrogen-bond acceptors (Lipinski definition) is 3. The molecule has 1 heterocycles. The number of aryl methyl sites for hydroxylation is 1. The highest BCUT2D eigenvalue weighted by Gasteiger charge is 2.15. The molecule has 5 nitrogen and oxygen atoms in total. The summed E-state index contributed by atoms with van der Waals surface area (Å²) in [5.41, 5.74) is 1.65. The van der Waals surface area contributed by atoms with Gasteiger partial charge in [0, 0.05) is 24.8 Å². The van der Waals surface area contributed by atoms with Gasteiger partial charge < -0.3 is 14.6 Å². The largest absolute Gasteiger partial charge is 0.508 e. The zero-order chi connectivity index (χ0) is 15.4. The lowest BCUT2D eigenvalue weighted by molar-refractivity contribution is -0.131. The molecule has 0 atom stereocenters. The number of likely N-dealkylation sites (N-methyl/N-ethyl adjacent to an activating group) is 1. The Bertz CT molecular complexity index is 630. The van der Waals surface area contributed by atoms with Gasteiger partial charge in [0.25, 0.3) is 0 Å². The van der Waals surface area contributed by atoms with Crippen LogP contribution in [0.5, 0.6) is 5.75 Å². The molecule has 1 aromatic heterocycles. The minimum absolute atomic E-state index is 0.0683. The molecular weight excluding hydrogens is 266 g/mol. The maximum Gasteiger partial charge on any atom is 0.242 e. The monoisotopic (exact) mass is 287 g/mol. The second-order valence-electron chi connectivity index (χ2n) is 4.95. The molecule has 0 radical (unpaired) electrons. The van der Waals surface area contributed by atoms with Crippen LogP contribution in [-0.2, 0) is 11.3 Å². The molecule has 2 aromatic rings. The maximum atomic E-state index is 12.3. The zero-order valence-electron chi connectivity index (χ0n) is 12.7. The Morgan fingerprint density at radius 2 is 2.05 bits per heavy atom. The standard InChI is InChI=1S/C16H21N3O2/c1-4-18(5-2)15(21)11-19-10-12(3)17-16(19)13-7-6-8-14(20)9-13/h6-10,20H,4-5,11H2,1-3H3. The molecule has 0 bridgehead atoms. The summed E-state index contributed by atoms with van der Waals surface area (Å²) < 4.78 is 1.84. The van der Waals surface area contributed by atoms with Gasteiger partial charge in [-0.2, -0.15) is 0 Å². The average molecular weight is 287 g/mol. The van der Waals surface area contributed by atoms with Crippen LogP contribution in [-0.4, -0.2) is 38.6 Å². The van der Waals surface area contributed by atoms with Gasteiger partial charge in [-0.15, -0.1) is 0 Å². The van der Waals surface area contributed by atoms with Crippen molar-refractivity contribution in [1.29, 1.82) is 0 Å². The molecule has 0 saturated carbocycles. The molecule has 1 aromatic carbocycles. The number of imidazole rings is 1. The van der Waals surface area contributed by atoms with Crippen LogP contribution in [0.25, 0.3) is 11.4 Å². The van der Waals surface area contributed by atoms with Gasteiger partial charge in [-0.05, 0) is 32.9 Å². The molecule has 0 spiro atoms. The Balaban J connectivity index is 2.31. The Morgan fingerprint density at radius 3 is 2.67 bits per heavy atom. The number of phenols is 1. The van der Waals surface area contributed by atoms with Crippen LogP contribution in [0, 0.1) is 6.92 Å². The first kappa shape index (κ1) is 15.1. The molecular formula is C16H21N3O2. The summed E-state index contributed by atoms with van der Waals surface area (Å²) in [4.78, 5) is 18.5. The lowest BCUT2D eigenvalue weighted by Crippen LogP contribution is -2.33. The predicted molar refractivity (Wildman–Crippen MR) is 82.0 cm³/mol. The Kier molecular flexibility index (Phi) is 4.62. The number of aromatic nitrogens is 2. The number of phenolic OH excluding ortho intramolecular Hbond substituents is 1. The van der Waals surface area contributed by atoms with Crippen LogP contribution in [0.4, 0.5) is 0 Å². The summed E-state index contributed by atoms with van der Waals surface area (Å²) in [6, 6.07) is 6.91. The van der Waals surface area contributed by atoms with Crippen LogP contribution in [0.15, 0.2) is 30.5 Å². The van der Waals surface area contributed by atoms with Crippen molar-refractivity contribution in [2.45, 2.75) is 27.3 Å². The molecule has 5 heteroatoms. The van der Waals surface area contributed by atoms with Crippen molar-refractivity contribution in [2.24, 2.45) is 0 Å². The topological polar surface area (TPSA) is 58.4 Å². The van der Waals surface area contributed by atoms with Crippen molar-refractivity contribution < 1.29 is 9.90 Å². The van der Waals surface area contributed by atoms with E-state index in [-0.39, 0.29) is 18.2 Å². The van der Waals surface area contributed by atoms with E-state index in [1.807, 2.05) is 37.6 Å². The Morgan fingerprint density at radius 1 is 1.33 bits per heavy atom. The summed E-state index contributed by atoms with van der Waals surface area (Å²) >= 11 is 0. The molecule has 0 unspecified atom stereocenters. The van der Waals surface area contributed by atoms with Gasteiger partial charge >= 0.3 is 0 Å². The maximum absolute atomic E-state index is 12.3. The molecule has 0 aliphatic carbocycles. The number of nitrogens with zero attached hydrogens (tertiary/aromatic N) is 3. The summed E-state index contributed by atoms with van der Waals surface area (Å²) in [6.45, 7) is 7.49. The van der Waals surface area contributed by atoms with Crippen molar-refractivity contribution in [3.63, 3.8) is 0 Å². The number of carbonyl (C=O) groups excluding carboxylic acids is 1. The molecule has 0 fully saturated rings. The zero-order valence-corrected chi connectivity index (χ0v) is 12.7. The number of carbonyl (C=O) groups is 1. The highest BCUT2D eigenvalue weighted by Crippen LogP contribution is 2.23. The SMILES string of the molecule is CCN(CC)C(=O)Cn1cc(C)nc1-c1cccc(O)c1. The number of rotatable bonds is 5. The highest BCUT2D eigenvalue weighted by molar-refractivity contribution is 5.76. The molecule has 0 aliphatic heterocycles. The minimum atomic E-state index is 0.0683. The first-order valence-electron chi connectivity index (χ1n) is 7.16. The fourth-order valence-electron chi connectivity index (χ4n) is 2.36. The van der Waals surface area contributed by atoms with Crippen LogP contribution in [0.2, 0.25) is 0 Å². The van der Waals surface area contributed by atoms with Crippen molar-refractivity contribution >= 4 is 5.91 Å². The van der Waals surface area contributed by atoms with Crippen molar-refractivity contribution in [3.05, 3.63) is 36.2 Å². The third-order valence-electron chi connectivity index (χ3n) is 3.42. The third-order valence-corrected chi connectivity index (χ3v) is 3.42. The smallest absolute Gasteiger partial charge is 0.242 e. The minimum Gasteiger partial charge on any atom is -0.508 e. The van der Waals surface area contributed by atoms with Crippen LogP contribution in [0.3, 0.4) is 0 Å². The van der Waals surface area contributed by atoms with Gasteiger partial charge in [-0.25, -0.2) is 4.98 Å². The van der Waals surface area contributed by atoms with Crippen molar-refractivity contribution in [1.82, 2.24) is 14.5 Å². The van der Waals surface area contributed by atoms with E-state index in [0.717, 1.165) is 11.3 Å². The van der Waals surface area contributed by atoms with E-state index in [1.54, 1.807) is 23.1 Å². The second kappa shape index (κ2) is 6.43. The van der Waals surface area contributed by atoms with Crippen LogP contribution >= 0.6 is 0 Å². The number of aromatic hydroxyl groups is 1. The van der Waals surface area contributed by atoms with E-state index in [9.17, 15) is 9.90 Å². The van der Waals surface area contributed by atoms with E-state index < -0.39 is 0 Å². The molecule has 112 valence electrons. The predicted octanol–water partition coefficient (Wildman–Crippen LogP) is 2.43. The van der Waals surface area contributed by atoms with E-state index >= 15 is 0 Å². The number of hydrogen-bond donors (Lipinski definition) is 1. The fraction of sp³-hybridized carbons (Fsp3) is 0.375. The average Bonchev–Trinajstić information content (AvgIpc) is 2.81. The van der Waals surface area contributed by atoms with E-state index in [0.29, 0.717) is 18.9 Å². The van der Waals surface area contributed by atoms with Crippen molar-refractivity contribution in [2.75, 3.05) is 13.1 Å². The van der Waals surface area contributed by atoms with E-state index in [1.165, 1.54) is 0 Å². The first-order valence-corrected chi connectivity index (χ1v) is 7.16. The summed E-state index contributed by atoms with van der Waals surface area (Å²) in [5.74, 6) is 0.956. The highest BCUT2D eigenvalue weighted by atomic mass is 16.3. The van der Waals surface area contributed by atoms with E-state index in [2.05, 4.69) is 4.98 Å². The summed E-state index contributed by atoms with van der Waals surface area (Å²) in [6.07, 6.45) is 1.86. The van der Waals surface area contributed by atoms with Crippen LogP contribution in [0.1, 0.15) is 19.5 Å². The Labute approximate surface area is 124 Å². The van der Waals surface area contributed by atoms with Gasteiger partial charge in [-0.3, -0.25) is 4.79 Å². The van der Waals surface area contributed by atoms with Gasteiger partial charge in [0.2, 0.25) is 5.91 Å². The summed E-state index contributed by atoms with van der Waals surface area (Å²) in [7, 11) is 0. The van der Waals surface area contributed by atoms with Crippen molar-refractivity contribution in [3.8, 4) is 17.1 Å². The molecule has 0 saturated heterocycles. The Hall–Kier alpha value is -2.30. The summed E-state index contributed by atoms with van der Waals surface area (Å²) in [5, 5.41) is 9.61. The van der Waals surface area contributed by atoms with Crippen LogP contribution < -0.4 is 0 Å². The van der Waals surface area contributed by atoms with Gasteiger partial charge in [-0.1, -0.05) is 12.1 Å². The number of amides is 1.